The molecule has 1 fully saturated rings. The van der Waals surface area contributed by atoms with Gasteiger partial charge in [0, 0.05) is 6.04 Å². The van der Waals surface area contributed by atoms with Crippen LogP contribution < -0.4 is 5.32 Å². The maximum absolute atomic E-state index is 11.8. The lowest BCUT2D eigenvalue weighted by atomic mass is 10.2. The van der Waals surface area contributed by atoms with Gasteiger partial charge >= 0.3 is 5.97 Å². The molecular formula is C13H19N3O3S. The van der Waals surface area contributed by atoms with Crippen LogP contribution in [0.3, 0.4) is 0 Å². The van der Waals surface area contributed by atoms with Gasteiger partial charge in [0.25, 0.3) is 0 Å². The largest absolute Gasteiger partial charge is 0.461 e. The molecule has 0 unspecified atom stereocenters. The maximum Gasteiger partial charge on any atom is 0.356 e. The molecule has 110 valence electrons. The molecule has 7 heteroatoms. The van der Waals surface area contributed by atoms with Crippen molar-refractivity contribution in [1.29, 1.82) is 0 Å². The molecule has 1 aliphatic carbocycles. The summed E-state index contributed by atoms with van der Waals surface area (Å²) in [5.74, 6) is -0.120. The van der Waals surface area contributed by atoms with Crippen LogP contribution in [0, 0.1) is 0 Å². The van der Waals surface area contributed by atoms with Crippen molar-refractivity contribution >= 4 is 23.6 Å². The Morgan fingerprint density at radius 3 is 2.95 bits per heavy atom. The molecule has 6 nitrogen and oxygen atoms in total. The minimum absolute atomic E-state index is 0.0102. The van der Waals surface area contributed by atoms with Gasteiger partial charge in [-0.2, -0.15) is 0 Å². The van der Waals surface area contributed by atoms with E-state index in [1.54, 1.807) is 6.92 Å². The van der Waals surface area contributed by atoms with Gasteiger partial charge in [0.1, 0.15) is 5.69 Å². The van der Waals surface area contributed by atoms with Crippen molar-refractivity contribution in [3.8, 4) is 0 Å². The Morgan fingerprint density at radius 1 is 1.50 bits per heavy atom. The number of aromatic nitrogens is 2. The molecule has 1 amide bonds. The molecule has 1 saturated carbocycles. The number of imidazole rings is 1. The number of nitrogens with one attached hydrogen (secondary N) is 2. The first-order valence-electron chi connectivity index (χ1n) is 6.83. The van der Waals surface area contributed by atoms with Crippen LogP contribution in [-0.2, 0) is 9.53 Å². The second-order valence-electron chi connectivity index (χ2n) is 4.66. The molecule has 0 aliphatic heterocycles. The molecule has 0 saturated heterocycles. The van der Waals surface area contributed by atoms with E-state index in [-0.39, 0.29) is 5.91 Å². The fourth-order valence-electron chi connectivity index (χ4n) is 2.16. The molecule has 1 heterocycles. The van der Waals surface area contributed by atoms with Crippen LogP contribution in [0.2, 0.25) is 0 Å². The maximum atomic E-state index is 11.8. The molecule has 1 aromatic rings. The first-order chi connectivity index (χ1) is 9.69. The standard InChI is InChI=1S/C13H19N3O3S/c1-2-19-12(18)10-7-14-13(16-10)20-8-11(17)15-9-5-3-4-6-9/h7,9H,2-6,8H2,1H3,(H,14,16)(H,15,17). The summed E-state index contributed by atoms with van der Waals surface area (Å²) in [6.45, 7) is 2.07. The second-order valence-corrected chi connectivity index (χ2v) is 5.62. The van der Waals surface area contributed by atoms with E-state index in [1.165, 1.54) is 30.8 Å². The monoisotopic (exact) mass is 297 g/mol. The number of esters is 1. The van der Waals surface area contributed by atoms with Crippen molar-refractivity contribution < 1.29 is 14.3 Å². The van der Waals surface area contributed by atoms with E-state index < -0.39 is 5.97 Å². The van der Waals surface area contributed by atoms with Crippen LogP contribution in [0.4, 0.5) is 0 Å². The van der Waals surface area contributed by atoms with Gasteiger partial charge < -0.3 is 15.0 Å². The van der Waals surface area contributed by atoms with Gasteiger partial charge in [-0.05, 0) is 19.8 Å². The third kappa shape index (κ3) is 4.26. The molecule has 2 rings (SSSR count). The highest BCUT2D eigenvalue weighted by molar-refractivity contribution is 7.99. The minimum Gasteiger partial charge on any atom is -0.461 e. The van der Waals surface area contributed by atoms with Crippen molar-refractivity contribution in [1.82, 2.24) is 15.3 Å². The fourth-order valence-corrected chi connectivity index (χ4v) is 2.82. The fraction of sp³-hybridized carbons (Fsp3) is 0.615. The first-order valence-corrected chi connectivity index (χ1v) is 7.82. The van der Waals surface area contributed by atoms with Crippen LogP contribution in [0.1, 0.15) is 43.1 Å². The number of hydrogen-bond donors (Lipinski definition) is 2. The number of thioether (sulfide) groups is 1. The zero-order valence-electron chi connectivity index (χ0n) is 11.5. The molecule has 0 atom stereocenters. The minimum atomic E-state index is -0.428. The summed E-state index contributed by atoms with van der Waals surface area (Å²) in [7, 11) is 0. The van der Waals surface area contributed by atoms with Crippen molar-refractivity contribution in [2.24, 2.45) is 0 Å². The Labute approximate surface area is 122 Å². The molecule has 20 heavy (non-hydrogen) atoms. The second kappa shape index (κ2) is 7.33. The summed E-state index contributed by atoms with van der Waals surface area (Å²) in [5, 5.41) is 3.56. The highest BCUT2D eigenvalue weighted by Crippen LogP contribution is 2.18. The normalized spacial score (nSPS) is 15.2. The first kappa shape index (κ1) is 14.9. The van der Waals surface area contributed by atoms with E-state index >= 15 is 0 Å². The number of aromatic amines is 1. The summed E-state index contributed by atoms with van der Waals surface area (Å²) in [4.78, 5) is 30.1. The Bertz CT molecular complexity index is 469. The number of amides is 1. The summed E-state index contributed by atoms with van der Waals surface area (Å²) < 4.78 is 4.86. The smallest absolute Gasteiger partial charge is 0.356 e. The van der Waals surface area contributed by atoms with Gasteiger partial charge in [-0.3, -0.25) is 4.79 Å². The van der Waals surface area contributed by atoms with Crippen LogP contribution in [0.15, 0.2) is 11.4 Å². The van der Waals surface area contributed by atoms with E-state index in [0.29, 0.717) is 29.3 Å². The van der Waals surface area contributed by atoms with Gasteiger partial charge in [-0.15, -0.1) is 0 Å². The van der Waals surface area contributed by atoms with Crippen molar-refractivity contribution in [3.63, 3.8) is 0 Å². The van der Waals surface area contributed by atoms with Gasteiger partial charge in [0.15, 0.2) is 5.16 Å². The van der Waals surface area contributed by atoms with Crippen LogP contribution in [-0.4, -0.2) is 40.2 Å². The number of rotatable bonds is 6. The van der Waals surface area contributed by atoms with E-state index in [9.17, 15) is 9.59 Å². The number of carbonyl (C=O) groups is 2. The van der Waals surface area contributed by atoms with Crippen LogP contribution >= 0.6 is 11.8 Å². The predicted octanol–water partition coefficient (Wildman–Crippen LogP) is 1.74. The van der Waals surface area contributed by atoms with E-state index in [1.807, 2.05) is 0 Å². The van der Waals surface area contributed by atoms with Crippen molar-refractivity contribution in [2.75, 3.05) is 12.4 Å². The summed E-state index contributed by atoms with van der Waals surface area (Å²) in [5.41, 5.74) is 0.311. The quantitative estimate of drug-likeness (QED) is 0.617. The Hall–Kier alpha value is -1.50. The molecular weight excluding hydrogens is 278 g/mol. The van der Waals surface area contributed by atoms with Crippen LogP contribution in [0.25, 0.3) is 0 Å². The lowest BCUT2D eigenvalue weighted by Gasteiger charge is -2.10. The highest BCUT2D eigenvalue weighted by atomic mass is 32.2. The molecule has 0 aromatic carbocycles. The Balaban J connectivity index is 1.75. The molecule has 1 aromatic heterocycles. The van der Waals surface area contributed by atoms with E-state index in [2.05, 4.69) is 15.3 Å². The predicted molar refractivity (Wildman–Crippen MR) is 75.7 cm³/mol. The average molecular weight is 297 g/mol. The number of H-pyrrole nitrogens is 1. The van der Waals surface area contributed by atoms with E-state index in [4.69, 9.17) is 4.74 Å². The summed E-state index contributed by atoms with van der Waals surface area (Å²) in [6, 6.07) is 0.329. The number of ether oxygens (including phenoxy) is 1. The lowest BCUT2D eigenvalue weighted by molar-refractivity contribution is -0.119. The van der Waals surface area contributed by atoms with Crippen LogP contribution in [0.5, 0.6) is 0 Å². The zero-order valence-corrected chi connectivity index (χ0v) is 12.3. The van der Waals surface area contributed by atoms with E-state index in [0.717, 1.165) is 12.8 Å². The molecule has 0 spiro atoms. The average Bonchev–Trinajstić information content (AvgIpc) is 3.07. The van der Waals surface area contributed by atoms with Gasteiger partial charge in [-0.1, -0.05) is 24.6 Å². The van der Waals surface area contributed by atoms with Gasteiger partial charge in [-0.25, -0.2) is 9.78 Å². The summed E-state index contributed by atoms with van der Waals surface area (Å²) >= 11 is 1.28. The highest BCUT2D eigenvalue weighted by Gasteiger charge is 2.17. The third-order valence-electron chi connectivity index (χ3n) is 3.11. The third-order valence-corrected chi connectivity index (χ3v) is 4.00. The van der Waals surface area contributed by atoms with Gasteiger partial charge in [0.05, 0.1) is 18.6 Å². The molecule has 1 aliphatic rings. The number of carbonyl (C=O) groups excluding carboxylic acids is 2. The van der Waals surface area contributed by atoms with Crippen molar-refractivity contribution in [3.05, 3.63) is 11.9 Å². The van der Waals surface area contributed by atoms with Crippen molar-refractivity contribution in [2.45, 2.75) is 43.8 Å². The zero-order chi connectivity index (χ0) is 14.4. The molecule has 0 bridgehead atoms. The number of hydrogen-bond acceptors (Lipinski definition) is 5. The Morgan fingerprint density at radius 2 is 2.25 bits per heavy atom. The lowest BCUT2D eigenvalue weighted by Crippen LogP contribution is -2.33. The Kier molecular flexibility index (Phi) is 5.46. The molecule has 0 radical (unpaired) electrons. The summed E-state index contributed by atoms with van der Waals surface area (Å²) in [6.07, 6.45) is 5.96. The van der Waals surface area contributed by atoms with Gasteiger partial charge in [0.2, 0.25) is 5.91 Å². The SMILES string of the molecule is CCOC(=O)c1cnc(SCC(=O)NC2CCCC2)[nH]1. The molecule has 2 N–H and O–H groups in total. The topological polar surface area (TPSA) is 84.1 Å². The number of nitrogens with zero attached hydrogens (tertiary/aromatic N) is 1.